The van der Waals surface area contributed by atoms with Crippen LogP contribution in [0.15, 0.2) is 6.07 Å². The maximum Gasteiger partial charge on any atom is 0.308 e. The fourth-order valence-electron chi connectivity index (χ4n) is 2.85. The van der Waals surface area contributed by atoms with Crippen LogP contribution < -0.4 is 10.6 Å². The standard InChI is InChI=1S/C14H19N3O3/c1-7-5-17(6-10(7)14(19)20)11-4-8(2)16-9(3)12(11)13(15)18/h4,7,10H,5-6H2,1-3H3,(H2,15,18)(H,19,20)/t7-,10-/m1/s1. The highest BCUT2D eigenvalue weighted by Gasteiger charge is 2.36. The molecule has 0 aromatic carbocycles. The molecule has 0 bridgehead atoms. The zero-order chi connectivity index (χ0) is 15.0. The predicted octanol–water partition coefficient (Wildman–Crippen LogP) is 0.954. The van der Waals surface area contributed by atoms with E-state index in [0.717, 1.165) is 5.69 Å². The van der Waals surface area contributed by atoms with E-state index in [0.29, 0.717) is 30.0 Å². The van der Waals surface area contributed by atoms with Gasteiger partial charge >= 0.3 is 5.97 Å². The molecule has 1 fully saturated rings. The molecule has 0 aliphatic carbocycles. The van der Waals surface area contributed by atoms with Crippen molar-refractivity contribution in [2.45, 2.75) is 20.8 Å². The van der Waals surface area contributed by atoms with E-state index >= 15 is 0 Å². The number of hydrogen-bond donors (Lipinski definition) is 2. The molecule has 1 aliphatic heterocycles. The molecule has 6 heteroatoms. The Morgan fingerprint density at radius 2 is 2.05 bits per heavy atom. The molecule has 2 atom stereocenters. The molecular formula is C14H19N3O3. The minimum absolute atomic E-state index is 0.0296. The van der Waals surface area contributed by atoms with Gasteiger partial charge in [0.05, 0.1) is 22.9 Å². The Morgan fingerprint density at radius 1 is 1.40 bits per heavy atom. The number of aliphatic carboxylic acids is 1. The Balaban J connectivity index is 2.43. The van der Waals surface area contributed by atoms with Gasteiger partial charge in [-0.1, -0.05) is 6.92 Å². The van der Waals surface area contributed by atoms with Crippen molar-refractivity contribution < 1.29 is 14.7 Å². The fraction of sp³-hybridized carbons (Fsp3) is 0.500. The number of carbonyl (C=O) groups excluding carboxylic acids is 1. The number of nitrogens with zero attached hydrogens (tertiary/aromatic N) is 2. The second-order valence-corrected chi connectivity index (χ2v) is 5.43. The first-order valence-corrected chi connectivity index (χ1v) is 6.57. The van der Waals surface area contributed by atoms with Crippen LogP contribution in [0.25, 0.3) is 0 Å². The summed E-state index contributed by atoms with van der Waals surface area (Å²) in [7, 11) is 0. The van der Waals surface area contributed by atoms with Gasteiger partial charge in [0.25, 0.3) is 5.91 Å². The van der Waals surface area contributed by atoms with Crippen molar-refractivity contribution in [1.29, 1.82) is 0 Å². The summed E-state index contributed by atoms with van der Waals surface area (Å²) >= 11 is 0. The number of aromatic nitrogens is 1. The summed E-state index contributed by atoms with van der Waals surface area (Å²) in [4.78, 5) is 29.0. The molecule has 1 saturated heterocycles. The third-order valence-electron chi connectivity index (χ3n) is 3.82. The van der Waals surface area contributed by atoms with E-state index in [-0.39, 0.29) is 5.92 Å². The lowest BCUT2D eigenvalue weighted by Crippen LogP contribution is -2.27. The number of nitrogens with two attached hydrogens (primary N) is 1. The van der Waals surface area contributed by atoms with Crippen LogP contribution in [0.2, 0.25) is 0 Å². The van der Waals surface area contributed by atoms with Crippen LogP contribution in [0.5, 0.6) is 0 Å². The average Bonchev–Trinajstić information content (AvgIpc) is 2.69. The molecule has 0 saturated carbocycles. The summed E-state index contributed by atoms with van der Waals surface area (Å²) in [6.45, 7) is 6.48. The molecule has 20 heavy (non-hydrogen) atoms. The fourth-order valence-corrected chi connectivity index (χ4v) is 2.85. The van der Waals surface area contributed by atoms with Gasteiger partial charge in [-0.2, -0.15) is 0 Å². The maximum atomic E-state index is 11.6. The summed E-state index contributed by atoms with van der Waals surface area (Å²) in [5.74, 6) is -1.73. The van der Waals surface area contributed by atoms with Crippen LogP contribution >= 0.6 is 0 Å². The van der Waals surface area contributed by atoms with Crippen molar-refractivity contribution in [3.63, 3.8) is 0 Å². The normalized spacial score (nSPS) is 22.1. The number of rotatable bonds is 3. The van der Waals surface area contributed by atoms with Gasteiger partial charge in [-0.25, -0.2) is 0 Å². The van der Waals surface area contributed by atoms with Crippen LogP contribution in [0.4, 0.5) is 5.69 Å². The molecule has 1 aliphatic rings. The van der Waals surface area contributed by atoms with Gasteiger partial charge in [0.15, 0.2) is 0 Å². The van der Waals surface area contributed by atoms with Gasteiger partial charge in [0.1, 0.15) is 0 Å². The van der Waals surface area contributed by atoms with Crippen molar-refractivity contribution >= 4 is 17.6 Å². The van der Waals surface area contributed by atoms with Crippen LogP contribution in [0.1, 0.15) is 28.7 Å². The van der Waals surface area contributed by atoms with E-state index in [1.54, 1.807) is 13.0 Å². The minimum Gasteiger partial charge on any atom is -0.481 e. The minimum atomic E-state index is -0.803. The van der Waals surface area contributed by atoms with Gasteiger partial charge in [-0.05, 0) is 25.8 Å². The molecule has 1 aromatic rings. The van der Waals surface area contributed by atoms with Gasteiger partial charge < -0.3 is 15.7 Å². The smallest absolute Gasteiger partial charge is 0.308 e. The molecule has 108 valence electrons. The second-order valence-electron chi connectivity index (χ2n) is 5.43. The highest BCUT2D eigenvalue weighted by molar-refractivity contribution is 6.00. The Hall–Kier alpha value is -2.11. The molecule has 2 rings (SSSR count). The SMILES string of the molecule is Cc1cc(N2C[C@@H](C)[C@H](C(=O)O)C2)c(C(N)=O)c(C)n1. The molecule has 2 heterocycles. The highest BCUT2D eigenvalue weighted by atomic mass is 16.4. The number of amides is 1. The van der Waals surface area contributed by atoms with Crippen molar-refractivity contribution in [2.75, 3.05) is 18.0 Å². The van der Waals surface area contributed by atoms with Gasteiger partial charge in [0, 0.05) is 18.8 Å². The second kappa shape index (κ2) is 5.11. The molecule has 0 radical (unpaired) electrons. The number of hydrogen-bond acceptors (Lipinski definition) is 4. The molecule has 0 spiro atoms. The van der Waals surface area contributed by atoms with E-state index in [4.69, 9.17) is 5.73 Å². The summed E-state index contributed by atoms with van der Waals surface area (Å²) in [5, 5.41) is 9.21. The Labute approximate surface area is 117 Å². The van der Waals surface area contributed by atoms with Gasteiger partial charge in [-0.15, -0.1) is 0 Å². The lowest BCUT2D eigenvalue weighted by atomic mass is 9.99. The summed E-state index contributed by atoms with van der Waals surface area (Å²) < 4.78 is 0. The first-order valence-electron chi connectivity index (χ1n) is 6.57. The first kappa shape index (κ1) is 14.3. The Morgan fingerprint density at radius 3 is 2.55 bits per heavy atom. The predicted molar refractivity (Wildman–Crippen MR) is 74.7 cm³/mol. The number of primary amides is 1. The molecule has 3 N–H and O–H groups in total. The summed E-state index contributed by atoms with van der Waals surface area (Å²) in [5.41, 5.74) is 7.88. The molecule has 0 unspecified atom stereocenters. The molecule has 6 nitrogen and oxygen atoms in total. The van der Waals surface area contributed by atoms with E-state index in [9.17, 15) is 14.7 Å². The van der Waals surface area contributed by atoms with Gasteiger partial charge in [0.2, 0.25) is 0 Å². The third kappa shape index (κ3) is 2.45. The zero-order valence-electron chi connectivity index (χ0n) is 11.9. The van der Waals surface area contributed by atoms with Crippen molar-refractivity contribution in [3.05, 3.63) is 23.0 Å². The highest BCUT2D eigenvalue weighted by Crippen LogP contribution is 2.31. The topological polar surface area (TPSA) is 96.5 Å². The number of carboxylic acids is 1. The lowest BCUT2D eigenvalue weighted by molar-refractivity contribution is -0.142. The Bertz CT molecular complexity index is 571. The summed E-state index contributed by atoms with van der Waals surface area (Å²) in [6, 6.07) is 1.80. The van der Waals surface area contributed by atoms with E-state index in [1.165, 1.54) is 0 Å². The van der Waals surface area contributed by atoms with Gasteiger partial charge in [-0.3, -0.25) is 14.6 Å². The van der Waals surface area contributed by atoms with E-state index < -0.39 is 17.8 Å². The first-order chi connectivity index (χ1) is 9.31. The van der Waals surface area contributed by atoms with Crippen LogP contribution in [0.3, 0.4) is 0 Å². The van der Waals surface area contributed by atoms with Crippen molar-refractivity contribution in [2.24, 2.45) is 17.6 Å². The van der Waals surface area contributed by atoms with Crippen LogP contribution in [-0.2, 0) is 4.79 Å². The maximum absolute atomic E-state index is 11.6. The van der Waals surface area contributed by atoms with Crippen LogP contribution in [0, 0.1) is 25.7 Å². The largest absolute Gasteiger partial charge is 0.481 e. The summed E-state index contributed by atoms with van der Waals surface area (Å²) in [6.07, 6.45) is 0. The number of pyridine rings is 1. The number of anilines is 1. The molecular weight excluding hydrogens is 258 g/mol. The van der Waals surface area contributed by atoms with E-state index in [2.05, 4.69) is 4.98 Å². The molecule has 1 aromatic heterocycles. The van der Waals surface area contributed by atoms with Crippen molar-refractivity contribution in [1.82, 2.24) is 4.98 Å². The monoisotopic (exact) mass is 277 g/mol. The van der Waals surface area contributed by atoms with E-state index in [1.807, 2.05) is 18.7 Å². The quantitative estimate of drug-likeness (QED) is 0.857. The molecule has 1 amide bonds. The third-order valence-corrected chi connectivity index (χ3v) is 3.82. The lowest BCUT2D eigenvalue weighted by Gasteiger charge is -2.22. The number of carbonyl (C=O) groups is 2. The number of aryl methyl sites for hydroxylation is 2. The van der Waals surface area contributed by atoms with Crippen LogP contribution in [-0.4, -0.2) is 35.1 Å². The average molecular weight is 277 g/mol. The number of carboxylic acid groups (broad SMARTS) is 1. The Kier molecular flexibility index (Phi) is 3.65. The van der Waals surface area contributed by atoms with Crippen molar-refractivity contribution in [3.8, 4) is 0 Å². The zero-order valence-corrected chi connectivity index (χ0v) is 11.9.